The van der Waals surface area contributed by atoms with Gasteiger partial charge in [0.25, 0.3) is 11.8 Å². The van der Waals surface area contributed by atoms with Gasteiger partial charge in [0.2, 0.25) is 0 Å². The fourth-order valence-corrected chi connectivity index (χ4v) is 12.6. The SMILES string of the molecule is O=C1c2ccccc2C(=O)N1c1ccccc1-n1c2ccc(-c3ccc4c(c3)c3ccccc3n4-c3ccc(-c4ccccc4)cc3)cc2c2cc(-c3ccc4c(c3)c3ccccc3n4-c3ccc(-c4ccccc4)cc3)ccc21. The summed E-state index contributed by atoms with van der Waals surface area (Å²) in [7, 11) is 0. The number of carbonyl (C=O) groups excluding carboxylic acids is 2. The molecule has 1 aliphatic rings. The monoisotopic (exact) mass is 1020 g/mol. The van der Waals surface area contributed by atoms with Crippen LogP contribution in [0.15, 0.2) is 279 Å². The first-order valence-corrected chi connectivity index (χ1v) is 27.1. The Morgan fingerprint density at radius 1 is 0.212 bits per heavy atom. The Hall–Kier alpha value is -10.8. The molecule has 374 valence electrons. The summed E-state index contributed by atoms with van der Waals surface area (Å²) in [4.78, 5) is 29.7. The first-order chi connectivity index (χ1) is 39.5. The van der Waals surface area contributed by atoms with Crippen molar-refractivity contribution in [1.82, 2.24) is 13.7 Å². The van der Waals surface area contributed by atoms with Crippen LogP contribution in [0, 0.1) is 0 Å². The number of aromatic nitrogens is 3. The van der Waals surface area contributed by atoms with Crippen LogP contribution in [0.3, 0.4) is 0 Å². The summed E-state index contributed by atoms with van der Waals surface area (Å²) in [6, 6.07) is 98.0. The maximum Gasteiger partial charge on any atom is 0.266 e. The summed E-state index contributed by atoms with van der Waals surface area (Å²) in [5.74, 6) is -0.657. The Kier molecular flexibility index (Phi) is 10.1. The predicted octanol–water partition coefficient (Wildman–Crippen LogP) is 18.4. The number of hydrogen-bond acceptors (Lipinski definition) is 2. The van der Waals surface area contributed by atoms with Crippen LogP contribution in [-0.2, 0) is 0 Å². The van der Waals surface area contributed by atoms with E-state index in [4.69, 9.17) is 0 Å². The van der Waals surface area contributed by atoms with Crippen LogP contribution in [0.1, 0.15) is 20.7 Å². The van der Waals surface area contributed by atoms with E-state index in [1.807, 2.05) is 36.4 Å². The van der Waals surface area contributed by atoms with Crippen LogP contribution < -0.4 is 4.90 Å². The summed E-state index contributed by atoms with van der Waals surface area (Å²) in [6.07, 6.45) is 0. The lowest BCUT2D eigenvalue weighted by Crippen LogP contribution is -2.30. The van der Waals surface area contributed by atoms with Crippen LogP contribution in [0.4, 0.5) is 5.69 Å². The van der Waals surface area contributed by atoms with Crippen molar-refractivity contribution in [3.8, 4) is 61.6 Å². The van der Waals surface area contributed by atoms with Gasteiger partial charge in [0.15, 0.2) is 0 Å². The number of benzene rings is 12. The standard InChI is InChI=1S/C74H46N4O2/c79-73-59-21-7-8-22-60(59)74(80)78(73)72-26-14-13-25-71(72)77-69-41-33-53(51-31-39-67-61(43-51)57-19-9-11-23-65(57)75(67)55-35-27-49(28-36-55)47-15-3-1-4-16-47)45-63(69)64-46-54(34-42-70(64)77)52-32-40-68-62(44-52)58-20-10-12-24-66(58)76(68)56-37-29-50(30-38-56)48-17-5-2-6-18-48/h1-46H. The molecule has 1 aliphatic heterocycles. The molecule has 4 heterocycles. The van der Waals surface area contributed by atoms with Gasteiger partial charge in [0.05, 0.1) is 55.6 Å². The number of fused-ring (bicyclic) bond motifs is 10. The summed E-state index contributed by atoms with van der Waals surface area (Å²) in [6.45, 7) is 0. The Morgan fingerprint density at radius 3 is 0.938 bits per heavy atom. The Morgan fingerprint density at radius 2 is 0.512 bits per heavy atom. The first-order valence-electron chi connectivity index (χ1n) is 27.1. The molecule has 16 rings (SSSR count). The highest BCUT2D eigenvalue weighted by molar-refractivity contribution is 6.35. The molecule has 6 nitrogen and oxygen atoms in total. The van der Waals surface area contributed by atoms with Crippen molar-refractivity contribution in [2.24, 2.45) is 0 Å². The van der Waals surface area contributed by atoms with E-state index in [-0.39, 0.29) is 11.8 Å². The lowest BCUT2D eigenvalue weighted by molar-refractivity contribution is 0.0926. The van der Waals surface area contributed by atoms with Gasteiger partial charge < -0.3 is 13.7 Å². The normalized spacial score (nSPS) is 12.5. The molecule has 0 spiro atoms. The molecule has 80 heavy (non-hydrogen) atoms. The molecule has 0 saturated carbocycles. The molecular weight excluding hydrogens is 977 g/mol. The molecule has 15 aromatic rings. The average Bonchev–Trinajstić information content (AvgIpc) is 4.32. The Labute approximate surface area is 460 Å². The molecule has 12 aromatic carbocycles. The smallest absolute Gasteiger partial charge is 0.266 e. The number of carbonyl (C=O) groups is 2. The van der Waals surface area contributed by atoms with Gasteiger partial charge in [-0.15, -0.1) is 0 Å². The molecule has 0 radical (unpaired) electrons. The molecule has 3 aromatic heterocycles. The average molecular weight is 1020 g/mol. The van der Waals surface area contributed by atoms with Gasteiger partial charge in [0.1, 0.15) is 0 Å². The lowest BCUT2D eigenvalue weighted by atomic mass is 9.98. The quantitative estimate of drug-likeness (QED) is 0.142. The summed E-state index contributed by atoms with van der Waals surface area (Å²) < 4.78 is 6.95. The van der Waals surface area contributed by atoms with E-state index in [0.717, 1.165) is 83.2 Å². The third-order valence-electron chi connectivity index (χ3n) is 16.4. The minimum absolute atomic E-state index is 0.328. The molecule has 0 N–H and O–H groups in total. The third-order valence-corrected chi connectivity index (χ3v) is 16.4. The molecule has 0 bridgehead atoms. The van der Waals surface area contributed by atoms with Crippen molar-refractivity contribution in [2.75, 3.05) is 4.90 Å². The Bertz CT molecular complexity index is 4730. The molecule has 0 aliphatic carbocycles. The van der Waals surface area contributed by atoms with E-state index >= 15 is 0 Å². The first kappa shape index (κ1) is 45.4. The van der Waals surface area contributed by atoms with Gasteiger partial charge in [0, 0.05) is 43.7 Å². The zero-order chi connectivity index (χ0) is 53.0. The van der Waals surface area contributed by atoms with Gasteiger partial charge in [-0.3, -0.25) is 9.59 Å². The van der Waals surface area contributed by atoms with Crippen molar-refractivity contribution in [2.45, 2.75) is 0 Å². The topological polar surface area (TPSA) is 52.2 Å². The molecule has 0 saturated heterocycles. The second-order valence-electron chi connectivity index (χ2n) is 20.8. The van der Waals surface area contributed by atoms with Crippen LogP contribution in [-0.4, -0.2) is 25.5 Å². The molecule has 0 atom stereocenters. The highest BCUT2D eigenvalue weighted by Crippen LogP contribution is 2.43. The van der Waals surface area contributed by atoms with Crippen molar-refractivity contribution < 1.29 is 9.59 Å². The maximum absolute atomic E-state index is 14.2. The predicted molar refractivity (Wildman–Crippen MR) is 329 cm³/mol. The summed E-state index contributed by atoms with van der Waals surface area (Å²) >= 11 is 0. The fraction of sp³-hybridized carbons (Fsp3) is 0. The molecule has 0 unspecified atom stereocenters. The van der Waals surface area contributed by atoms with Crippen molar-refractivity contribution in [1.29, 1.82) is 0 Å². The largest absolute Gasteiger partial charge is 0.309 e. The van der Waals surface area contributed by atoms with E-state index < -0.39 is 0 Å². The fourth-order valence-electron chi connectivity index (χ4n) is 12.6. The number of nitrogens with zero attached hydrogens (tertiary/aromatic N) is 4. The van der Waals surface area contributed by atoms with Gasteiger partial charge in [-0.05, 0) is 154 Å². The van der Waals surface area contributed by atoms with Crippen LogP contribution in [0.5, 0.6) is 0 Å². The van der Waals surface area contributed by atoms with E-state index in [9.17, 15) is 9.59 Å². The van der Waals surface area contributed by atoms with Crippen molar-refractivity contribution in [3.63, 3.8) is 0 Å². The summed E-state index contributed by atoms with van der Waals surface area (Å²) in [5, 5.41) is 6.81. The van der Waals surface area contributed by atoms with Gasteiger partial charge in [-0.1, -0.05) is 170 Å². The van der Waals surface area contributed by atoms with E-state index in [1.54, 1.807) is 12.1 Å². The minimum Gasteiger partial charge on any atom is -0.309 e. The summed E-state index contributed by atoms with van der Waals surface area (Å²) in [5.41, 5.74) is 19.9. The minimum atomic E-state index is -0.328. The lowest BCUT2D eigenvalue weighted by Gasteiger charge is -2.20. The van der Waals surface area contributed by atoms with Crippen LogP contribution in [0.25, 0.3) is 127 Å². The number of rotatable bonds is 8. The van der Waals surface area contributed by atoms with Crippen LogP contribution in [0.2, 0.25) is 0 Å². The van der Waals surface area contributed by atoms with E-state index in [2.05, 4.69) is 244 Å². The van der Waals surface area contributed by atoms with Gasteiger partial charge in [-0.2, -0.15) is 0 Å². The number of amides is 2. The Balaban J connectivity index is 0.858. The van der Waals surface area contributed by atoms with Gasteiger partial charge in [-0.25, -0.2) is 4.90 Å². The van der Waals surface area contributed by atoms with Gasteiger partial charge >= 0.3 is 0 Å². The number of para-hydroxylation sites is 4. The molecule has 2 amide bonds. The highest BCUT2D eigenvalue weighted by atomic mass is 16.2. The third kappa shape index (κ3) is 6.99. The molecule has 6 heteroatoms. The zero-order valence-electron chi connectivity index (χ0n) is 43.2. The van der Waals surface area contributed by atoms with E-state index in [1.165, 1.54) is 48.7 Å². The van der Waals surface area contributed by atoms with Crippen molar-refractivity contribution in [3.05, 3.63) is 290 Å². The van der Waals surface area contributed by atoms with Crippen molar-refractivity contribution >= 4 is 82.9 Å². The highest BCUT2D eigenvalue weighted by Gasteiger charge is 2.38. The maximum atomic E-state index is 14.2. The zero-order valence-corrected chi connectivity index (χ0v) is 43.2. The molecule has 0 fully saturated rings. The second kappa shape index (κ2) is 17.9. The van der Waals surface area contributed by atoms with E-state index in [0.29, 0.717) is 16.8 Å². The second-order valence-corrected chi connectivity index (χ2v) is 20.8. The number of anilines is 1. The molecular formula is C74H46N4O2. The number of hydrogen-bond donors (Lipinski definition) is 0. The van der Waals surface area contributed by atoms with Crippen LogP contribution >= 0.6 is 0 Å². The number of imide groups is 1.